The number of piperazine rings is 1. The van der Waals surface area contributed by atoms with Gasteiger partial charge in [-0.1, -0.05) is 30.3 Å². The van der Waals surface area contributed by atoms with E-state index in [1.807, 2.05) is 0 Å². The Morgan fingerprint density at radius 2 is 1.75 bits per heavy atom. The molecule has 0 radical (unpaired) electrons. The van der Waals surface area contributed by atoms with Gasteiger partial charge >= 0.3 is 0 Å². The maximum absolute atomic E-state index is 12.8. The van der Waals surface area contributed by atoms with Crippen LogP contribution in [0.5, 0.6) is 0 Å². The van der Waals surface area contributed by atoms with Crippen molar-refractivity contribution in [3.8, 4) is 0 Å². The van der Waals surface area contributed by atoms with Crippen LogP contribution < -0.4 is 5.32 Å². The standard InChI is InChI=1S/C23H36N4O/c1-25(18-19-5-3-2-4-6-19)9-10-26-11-13-27(14-12-26)23(28)17-20-15-21-7-8-22(16-20)24-21/h2-6,20-22,24H,7-18H2,1H3. The fourth-order valence-electron chi connectivity index (χ4n) is 5.22. The zero-order chi connectivity index (χ0) is 19.3. The Morgan fingerprint density at radius 1 is 1.07 bits per heavy atom. The number of amides is 1. The summed E-state index contributed by atoms with van der Waals surface area (Å²) in [7, 11) is 2.19. The smallest absolute Gasteiger partial charge is 0.222 e. The Morgan fingerprint density at radius 3 is 2.43 bits per heavy atom. The van der Waals surface area contributed by atoms with Crippen LogP contribution in [0.3, 0.4) is 0 Å². The van der Waals surface area contributed by atoms with Crippen molar-refractivity contribution in [2.45, 2.75) is 50.7 Å². The Balaban J connectivity index is 1.14. The second-order valence-corrected chi connectivity index (χ2v) is 9.13. The third-order valence-corrected chi connectivity index (χ3v) is 6.85. The van der Waals surface area contributed by atoms with Crippen LogP contribution in [0.15, 0.2) is 30.3 Å². The minimum atomic E-state index is 0.396. The molecule has 1 aromatic rings. The zero-order valence-corrected chi connectivity index (χ0v) is 17.4. The molecule has 3 aliphatic heterocycles. The molecule has 3 saturated heterocycles. The number of benzene rings is 1. The summed E-state index contributed by atoms with van der Waals surface area (Å²) in [4.78, 5) is 19.8. The molecule has 2 atom stereocenters. The fraction of sp³-hybridized carbons (Fsp3) is 0.696. The number of piperidine rings is 1. The van der Waals surface area contributed by atoms with Crippen molar-refractivity contribution in [1.82, 2.24) is 20.0 Å². The second-order valence-electron chi connectivity index (χ2n) is 9.13. The van der Waals surface area contributed by atoms with E-state index in [4.69, 9.17) is 0 Å². The van der Waals surface area contributed by atoms with Gasteiger partial charge in [-0.3, -0.25) is 9.69 Å². The van der Waals surface area contributed by atoms with E-state index in [2.05, 4.69) is 57.4 Å². The van der Waals surface area contributed by atoms with E-state index in [0.717, 1.165) is 52.2 Å². The van der Waals surface area contributed by atoms with E-state index < -0.39 is 0 Å². The van der Waals surface area contributed by atoms with Gasteiger partial charge in [0.15, 0.2) is 0 Å². The number of fused-ring (bicyclic) bond motifs is 2. The lowest BCUT2D eigenvalue weighted by atomic mass is 9.89. The van der Waals surface area contributed by atoms with Gasteiger partial charge in [-0.2, -0.15) is 0 Å². The molecule has 2 unspecified atom stereocenters. The van der Waals surface area contributed by atoms with E-state index in [9.17, 15) is 4.79 Å². The fourth-order valence-corrected chi connectivity index (χ4v) is 5.22. The minimum Gasteiger partial charge on any atom is -0.340 e. The Labute approximate surface area is 170 Å². The molecule has 4 rings (SSSR count). The first kappa shape index (κ1) is 19.9. The summed E-state index contributed by atoms with van der Waals surface area (Å²) in [5.41, 5.74) is 1.37. The topological polar surface area (TPSA) is 38.8 Å². The summed E-state index contributed by atoms with van der Waals surface area (Å²) in [6, 6.07) is 12.0. The van der Waals surface area contributed by atoms with Crippen molar-refractivity contribution in [3.63, 3.8) is 0 Å². The molecule has 1 amide bonds. The summed E-state index contributed by atoms with van der Waals surface area (Å²) in [5.74, 6) is 1.00. The van der Waals surface area contributed by atoms with Crippen LogP contribution in [0.1, 0.15) is 37.7 Å². The van der Waals surface area contributed by atoms with E-state index in [1.165, 1.54) is 31.2 Å². The molecule has 1 aromatic carbocycles. The highest BCUT2D eigenvalue weighted by atomic mass is 16.2. The number of hydrogen-bond acceptors (Lipinski definition) is 4. The van der Waals surface area contributed by atoms with E-state index in [0.29, 0.717) is 23.9 Å². The average Bonchev–Trinajstić information content (AvgIpc) is 3.05. The van der Waals surface area contributed by atoms with Crippen LogP contribution in [-0.4, -0.2) is 79.0 Å². The van der Waals surface area contributed by atoms with Crippen LogP contribution in [0.25, 0.3) is 0 Å². The number of carbonyl (C=O) groups is 1. The van der Waals surface area contributed by atoms with Gasteiger partial charge in [0.25, 0.3) is 0 Å². The molecule has 28 heavy (non-hydrogen) atoms. The molecule has 3 heterocycles. The summed E-state index contributed by atoms with van der Waals surface area (Å²) in [6.45, 7) is 6.99. The molecular formula is C23H36N4O. The molecule has 5 heteroatoms. The Kier molecular flexibility index (Phi) is 6.65. The van der Waals surface area contributed by atoms with Crippen molar-refractivity contribution in [2.75, 3.05) is 46.3 Å². The summed E-state index contributed by atoms with van der Waals surface area (Å²) < 4.78 is 0. The van der Waals surface area contributed by atoms with Gasteiger partial charge in [0, 0.05) is 64.3 Å². The number of nitrogens with zero attached hydrogens (tertiary/aromatic N) is 3. The van der Waals surface area contributed by atoms with E-state index in [1.54, 1.807) is 0 Å². The molecule has 2 bridgehead atoms. The molecule has 154 valence electrons. The highest BCUT2D eigenvalue weighted by Crippen LogP contribution is 2.33. The van der Waals surface area contributed by atoms with E-state index in [-0.39, 0.29) is 0 Å². The lowest BCUT2D eigenvalue weighted by Crippen LogP contribution is -2.50. The van der Waals surface area contributed by atoms with Gasteiger partial charge < -0.3 is 15.1 Å². The highest BCUT2D eigenvalue weighted by Gasteiger charge is 2.35. The SMILES string of the molecule is CN(CCN1CCN(C(=O)CC2CC3CCC(C2)N3)CC1)Cc1ccccc1. The maximum atomic E-state index is 12.8. The normalized spacial score (nSPS) is 28.1. The Hall–Kier alpha value is -1.43. The molecule has 0 aliphatic carbocycles. The summed E-state index contributed by atoms with van der Waals surface area (Å²) in [5, 5.41) is 3.68. The average molecular weight is 385 g/mol. The van der Waals surface area contributed by atoms with Gasteiger partial charge in [-0.25, -0.2) is 0 Å². The first-order valence-electron chi connectivity index (χ1n) is 11.1. The quantitative estimate of drug-likeness (QED) is 0.782. The molecule has 0 saturated carbocycles. The molecule has 0 aromatic heterocycles. The third kappa shape index (κ3) is 5.34. The summed E-state index contributed by atoms with van der Waals surface area (Å²) >= 11 is 0. The van der Waals surface area contributed by atoms with Crippen LogP contribution in [-0.2, 0) is 11.3 Å². The van der Waals surface area contributed by atoms with Crippen molar-refractivity contribution in [1.29, 1.82) is 0 Å². The van der Waals surface area contributed by atoms with Gasteiger partial charge in [0.05, 0.1) is 0 Å². The first-order chi connectivity index (χ1) is 13.7. The molecule has 5 nitrogen and oxygen atoms in total. The van der Waals surface area contributed by atoms with Gasteiger partial charge in [-0.05, 0) is 44.2 Å². The number of likely N-dealkylation sites (N-methyl/N-ethyl adjacent to an activating group) is 1. The largest absolute Gasteiger partial charge is 0.340 e. The predicted octanol–water partition coefficient (Wildman–Crippen LogP) is 2.18. The second kappa shape index (κ2) is 9.38. The van der Waals surface area contributed by atoms with Crippen LogP contribution in [0, 0.1) is 5.92 Å². The van der Waals surface area contributed by atoms with Crippen molar-refractivity contribution in [2.24, 2.45) is 5.92 Å². The predicted molar refractivity (Wildman–Crippen MR) is 113 cm³/mol. The molecular weight excluding hydrogens is 348 g/mol. The maximum Gasteiger partial charge on any atom is 0.222 e. The molecule has 1 N–H and O–H groups in total. The lowest BCUT2D eigenvalue weighted by molar-refractivity contribution is -0.134. The first-order valence-corrected chi connectivity index (χ1v) is 11.1. The number of nitrogens with one attached hydrogen (secondary N) is 1. The van der Waals surface area contributed by atoms with Crippen molar-refractivity contribution >= 4 is 5.91 Å². The number of hydrogen-bond donors (Lipinski definition) is 1. The third-order valence-electron chi connectivity index (χ3n) is 6.85. The highest BCUT2D eigenvalue weighted by molar-refractivity contribution is 5.76. The lowest BCUT2D eigenvalue weighted by Gasteiger charge is -2.37. The Bertz CT molecular complexity index is 617. The van der Waals surface area contributed by atoms with Crippen LogP contribution in [0.2, 0.25) is 0 Å². The van der Waals surface area contributed by atoms with Crippen molar-refractivity contribution in [3.05, 3.63) is 35.9 Å². The molecule has 3 aliphatic rings. The van der Waals surface area contributed by atoms with Gasteiger partial charge in [0.2, 0.25) is 5.91 Å². The van der Waals surface area contributed by atoms with Gasteiger partial charge in [0.1, 0.15) is 0 Å². The molecule has 0 spiro atoms. The monoisotopic (exact) mass is 384 g/mol. The van der Waals surface area contributed by atoms with Crippen molar-refractivity contribution < 1.29 is 4.79 Å². The summed E-state index contributed by atoms with van der Waals surface area (Å²) in [6.07, 6.45) is 5.81. The van der Waals surface area contributed by atoms with Crippen LogP contribution in [0.4, 0.5) is 0 Å². The van der Waals surface area contributed by atoms with Gasteiger partial charge in [-0.15, -0.1) is 0 Å². The van der Waals surface area contributed by atoms with E-state index >= 15 is 0 Å². The molecule has 3 fully saturated rings. The minimum absolute atomic E-state index is 0.396. The number of rotatable bonds is 7. The zero-order valence-electron chi connectivity index (χ0n) is 17.4. The number of carbonyl (C=O) groups excluding carboxylic acids is 1. The van der Waals surface area contributed by atoms with Crippen LogP contribution >= 0.6 is 0 Å².